The van der Waals surface area contributed by atoms with E-state index in [0.29, 0.717) is 53.2 Å². The fraction of sp³-hybridized carbons (Fsp3) is 0.261. The molecule has 1 aromatic carbocycles. The van der Waals surface area contributed by atoms with Crippen LogP contribution in [0.15, 0.2) is 36.7 Å². The Morgan fingerprint density at radius 1 is 1.24 bits per heavy atom. The average molecular weight is 485 g/mol. The number of urea groups is 1. The molecular formula is C23H25FN6O3S. The number of carbonyl (C=O) groups excluding carboxylic acids is 1. The molecule has 0 spiro atoms. The molecule has 0 atom stereocenters. The van der Waals surface area contributed by atoms with Crippen molar-refractivity contribution in [2.24, 2.45) is 5.73 Å². The number of hydrogen-bond donors (Lipinski definition) is 3. The number of rotatable bonds is 9. The summed E-state index contributed by atoms with van der Waals surface area (Å²) in [7, 11) is 1.57. The molecule has 178 valence electrons. The molecule has 0 saturated carbocycles. The number of primary amides is 1. The number of benzene rings is 1. The molecule has 34 heavy (non-hydrogen) atoms. The van der Waals surface area contributed by atoms with Crippen LogP contribution in [-0.2, 0) is 6.54 Å². The summed E-state index contributed by atoms with van der Waals surface area (Å²) in [5.41, 5.74) is 7.37. The summed E-state index contributed by atoms with van der Waals surface area (Å²) in [6.07, 6.45) is 1.46. The van der Waals surface area contributed by atoms with Gasteiger partial charge in [0.25, 0.3) is 0 Å². The van der Waals surface area contributed by atoms with Crippen molar-refractivity contribution in [1.29, 1.82) is 0 Å². The molecule has 3 aromatic heterocycles. The number of amides is 2. The number of hydrogen-bond acceptors (Lipinski definition) is 7. The molecule has 0 aliphatic rings. The van der Waals surface area contributed by atoms with Crippen LogP contribution in [0.4, 0.5) is 20.0 Å². The number of ether oxygens (including phenoxy) is 2. The predicted octanol–water partition coefficient (Wildman–Crippen LogP) is 4.62. The van der Waals surface area contributed by atoms with E-state index in [2.05, 4.69) is 20.6 Å². The third kappa shape index (κ3) is 4.74. The first-order valence-electron chi connectivity index (χ1n) is 10.6. The number of aromatic nitrogens is 3. The number of carbonyl (C=O) groups is 1. The van der Waals surface area contributed by atoms with Crippen LogP contribution in [-0.4, -0.2) is 40.8 Å². The Morgan fingerprint density at radius 3 is 2.79 bits per heavy atom. The molecule has 0 saturated heterocycles. The van der Waals surface area contributed by atoms with E-state index in [0.717, 1.165) is 16.0 Å². The van der Waals surface area contributed by atoms with Crippen molar-refractivity contribution in [1.82, 2.24) is 14.5 Å². The fourth-order valence-corrected chi connectivity index (χ4v) is 4.72. The van der Waals surface area contributed by atoms with E-state index in [4.69, 9.17) is 15.2 Å². The first-order valence-corrected chi connectivity index (χ1v) is 11.4. The first kappa shape index (κ1) is 23.3. The highest BCUT2D eigenvalue weighted by molar-refractivity contribution is 7.20. The molecule has 3 heterocycles. The number of fused-ring (bicyclic) bond motifs is 1. The van der Waals surface area contributed by atoms with Gasteiger partial charge in [-0.15, -0.1) is 11.3 Å². The van der Waals surface area contributed by atoms with E-state index in [1.54, 1.807) is 25.3 Å². The molecular weight excluding hydrogens is 459 g/mol. The lowest BCUT2D eigenvalue weighted by atomic mass is 10.2. The van der Waals surface area contributed by atoms with E-state index >= 15 is 0 Å². The predicted molar refractivity (Wildman–Crippen MR) is 131 cm³/mol. The standard InChI is InChI=1S/C23H25FN6O3S/c1-4-33-18-11-19(34-22(18)29-23(25)31)16-10-20(28-12-27-16)26-7-8-30-13(2)9-14-17(32-3)6-5-15(24)21(14)30/h5-6,9-12H,4,7-8H2,1-3H3,(H3,25,29,31)(H,26,27,28). The summed E-state index contributed by atoms with van der Waals surface area (Å²) in [4.78, 5) is 20.7. The van der Waals surface area contributed by atoms with Gasteiger partial charge in [-0.3, -0.25) is 5.32 Å². The van der Waals surface area contributed by atoms with Crippen molar-refractivity contribution in [3.8, 4) is 22.1 Å². The number of halogens is 1. The van der Waals surface area contributed by atoms with Gasteiger partial charge >= 0.3 is 6.03 Å². The van der Waals surface area contributed by atoms with Crippen molar-refractivity contribution >= 4 is 39.1 Å². The van der Waals surface area contributed by atoms with E-state index < -0.39 is 6.03 Å². The van der Waals surface area contributed by atoms with Crippen LogP contribution >= 0.6 is 11.3 Å². The quantitative estimate of drug-likeness (QED) is 0.319. The number of thiophene rings is 1. The zero-order valence-corrected chi connectivity index (χ0v) is 19.8. The van der Waals surface area contributed by atoms with Crippen LogP contribution in [0.2, 0.25) is 0 Å². The van der Waals surface area contributed by atoms with Crippen molar-refractivity contribution in [2.45, 2.75) is 20.4 Å². The highest BCUT2D eigenvalue weighted by Gasteiger charge is 2.16. The van der Waals surface area contributed by atoms with E-state index in [1.807, 2.05) is 24.5 Å². The average Bonchev–Trinajstić information content (AvgIpc) is 3.35. The molecule has 0 radical (unpaired) electrons. The summed E-state index contributed by atoms with van der Waals surface area (Å²) >= 11 is 1.31. The van der Waals surface area contributed by atoms with Crippen molar-refractivity contribution < 1.29 is 18.7 Å². The Hall–Kier alpha value is -3.86. The Kier molecular flexibility index (Phi) is 6.82. The molecule has 0 bridgehead atoms. The molecule has 0 aliphatic heterocycles. The molecule has 0 fully saturated rings. The molecule has 4 N–H and O–H groups in total. The van der Waals surface area contributed by atoms with E-state index in [1.165, 1.54) is 23.7 Å². The zero-order chi connectivity index (χ0) is 24.2. The van der Waals surface area contributed by atoms with E-state index in [9.17, 15) is 9.18 Å². The summed E-state index contributed by atoms with van der Waals surface area (Å²) in [5, 5.41) is 7.11. The minimum absolute atomic E-state index is 0.295. The number of anilines is 2. The number of nitrogens with zero attached hydrogens (tertiary/aromatic N) is 3. The second kappa shape index (κ2) is 9.96. The molecule has 9 nitrogen and oxygen atoms in total. The van der Waals surface area contributed by atoms with Crippen LogP contribution in [0.25, 0.3) is 21.5 Å². The van der Waals surface area contributed by atoms with Gasteiger partial charge in [-0.2, -0.15) is 0 Å². The van der Waals surface area contributed by atoms with Gasteiger partial charge in [0.05, 0.1) is 29.8 Å². The lowest BCUT2D eigenvalue weighted by molar-refractivity contribution is 0.259. The second-order valence-corrected chi connectivity index (χ2v) is 8.44. The maximum Gasteiger partial charge on any atom is 0.317 e. The molecule has 11 heteroatoms. The number of methoxy groups -OCH3 is 1. The first-order chi connectivity index (χ1) is 16.4. The summed E-state index contributed by atoms with van der Waals surface area (Å²) in [5.74, 6) is 1.49. The Bertz CT molecular complexity index is 1340. The van der Waals surface area contributed by atoms with Crippen LogP contribution in [0.3, 0.4) is 0 Å². The summed E-state index contributed by atoms with van der Waals surface area (Å²) < 4.78 is 27.5. The highest BCUT2D eigenvalue weighted by Crippen LogP contribution is 2.40. The summed E-state index contributed by atoms with van der Waals surface area (Å²) in [6, 6.07) is 7.91. The third-order valence-corrected chi connectivity index (χ3v) is 6.25. The maximum absolute atomic E-state index is 14.6. The Balaban J connectivity index is 1.51. The maximum atomic E-state index is 14.6. The topological polar surface area (TPSA) is 116 Å². The van der Waals surface area contributed by atoms with Crippen LogP contribution in [0.1, 0.15) is 12.6 Å². The van der Waals surface area contributed by atoms with Gasteiger partial charge in [0.1, 0.15) is 28.7 Å². The van der Waals surface area contributed by atoms with Gasteiger partial charge in [-0.05, 0) is 32.0 Å². The molecule has 0 unspecified atom stereocenters. The van der Waals surface area contributed by atoms with Gasteiger partial charge in [-0.25, -0.2) is 19.2 Å². The van der Waals surface area contributed by atoms with Gasteiger partial charge in [-0.1, -0.05) is 0 Å². The summed E-state index contributed by atoms with van der Waals surface area (Å²) in [6.45, 7) is 5.28. The largest absolute Gasteiger partial charge is 0.496 e. The van der Waals surface area contributed by atoms with Gasteiger partial charge in [0.15, 0.2) is 5.75 Å². The van der Waals surface area contributed by atoms with Crippen molar-refractivity contribution in [3.05, 3.63) is 48.2 Å². The molecule has 4 rings (SSSR count). The SMILES string of the molecule is CCOc1cc(-c2cc(NCCn3c(C)cc4c(OC)ccc(F)c43)ncn2)sc1NC(N)=O. The van der Waals surface area contributed by atoms with E-state index in [-0.39, 0.29) is 5.82 Å². The van der Waals surface area contributed by atoms with Crippen LogP contribution in [0.5, 0.6) is 11.5 Å². The molecule has 4 aromatic rings. The molecule has 2 amide bonds. The lowest BCUT2D eigenvalue weighted by Gasteiger charge is -2.11. The van der Waals surface area contributed by atoms with Gasteiger partial charge in [0, 0.05) is 36.3 Å². The van der Waals surface area contributed by atoms with Crippen LogP contribution < -0.4 is 25.8 Å². The number of aryl methyl sites for hydroxylation is 1. The minimum atomic E-state index is -0.665. The van der Waals surface area contributed by atoms with Crippen molar-refractivity contribution in [2.75, 3.05) is 30.9 Å². The third-order valence-electron chi connectivity index (χ3n) is 5.19. The Labute approximate surface area is 199 Å². The molecule has 0 aliphatic carbocycles. The monoisotopic (exact) mass is 484 g/mol. The van der Waals surface area contributed by atoms with Crippen molar-refractivity contribution in [3.63, 3.8) is 0 Å². The van der Waals surface area contributed by atoms with Crippen LogP contribution in [0, 0.1) is 12.7 Å². The minimum Gasteiger partial charge on any atom is -0.496 e. The Morgan fingerprint density at radius 2 is 2.06 bits per heavy atom. The van der Waals surface area contributed by atoms with Gasteiger partial charge in [0.2, 0.25) is 0 Å². The van der Waals surface area contributed by atoms with Gasteiger partial charge < -0.3 is 25.1 Å². The number of nitrogens with two attached hydrogens (primary N) is 1. The lowest BCUT2D eigenvalue weighted by Crippen LogP contribution is -2.18. The highest BCUT2D eigenvalue weighted by atomic mass is 32.1. The normalized spacial score (nSPS) is 10.9. The smallest absolute Gasteiger partial charge is 0.317 e. The second-order valence-electron chi connectivity index (χ2n) is 7.39. The fourth-order valence-electron chi connectivity index (χ4n) is 3.75. The zero-order valence-electron chi connectivity index (χ0n) is 19.0. The number of nitrogens with one attached hydrogen (secondary N) is 2.